The van der Waals surface area contributed by atoms with Crippen molar-refractivity contribution in [1.29, 1.82) is 0 Å². The van der Waals surface area contributed by atoms with E-state index in [1.807, 2.05) is 43.3 Å². The molecule has 0 aliphatic heterocycles. The minimum absolute atomic E-state index is 0.0155. The number of benzene rings is 2. The zero-order valence-electron chi connectivity index (χ0n) is 16.3. The lowest BCUT2D eigenvalue weighted by Gasteiger charge is -2.09. The van der Waals surface area contributed by atoms with Crippen LogP contribution in [0.2, 0.25) is 0 Å². The largest absolute Gasteiger partial charge is 0.397 e. The Morgan fingerprint density at radius 1 is 0.897 bits per heavy atom. The Morgan fingerprint density at radius 2 is 1.48 bits per heavy atom. The highest BCUT2D eigenvalue weighted by molar-refractivity contribution is 5.98. The summed E-state index contributed by atoms with van der Waals surface area (Å²) in [5, 5.41) is 5.65. The van der Waals surface area contributed by atoms with Crippen LogP contribution < -0.4 is 16.4 Å². The van der Waals surface area contributed by atoms with Crippen molar-refractivity contribution in [2.24, 2.45) is 0 Å². The summed E-state index contributed by atoms with van der Waals surface area (Å²) < 4.78 is 0. The Hall–Kier alpha value is -3.67. The summed E-state index contributed by atoms with van der Waals surface area (Å²) in [6, 6.07) is 16.7. The molecule has 6 nitrogen and oxygen atoms in total. The highest BCUT2D eigenvalue weighted by Gasteiger charge is 2.09. The fourth-order valence-electron chi connectivity index (χ4n) is 2.81. The van der Waals surface area contributed by atoms with Crippen LogP contribution in [-0.4, -0.2) is 16.8 Å². The van der Waals surface area contributed by atoms with Gasteiger partial charge in [0.15, 0.2) is 5.78 Å². The Bertz CT molecular complexity index is 983. The van der Waals surface area contributed by atoms with Crippen LogP contribution in [0.3, 0.4) is 0 Å². The number of nitrogen functional groups attached to an aromatic ring is 1. The van der Waals surface area contributed by atoms with Gasteiger partial charge in [-0.3, -0.25) is 9.78 Å². The number of rotatable bonds is 7. The van der Waals surface area contributed by atoms with Crippen molar-refractivity contribution in [3.8, 4) is 0 Å². The van der Waals surface area contributed by atoms with E-state index >= 15 is 0 Å². The molecule has 4 N–H and O–H groups in total. The van der Waals surface area contributed by atoms with Gasteiger partial charge in [0.1, 0.15) is 0 Å². The number of ketones is 1. The van der Waals surface area contributed by atoms with Crippen molar-refractivity contribution in [3.63, 3.8) is 0 Å². The van der Waals surface area contributed by atoms with Gasteiger partial charge in [0.05, 0.1) is 11.9 Å². The van der Waals surface area contributed by atoms with Crippen LogP contribution in [0.1, 0.15) is 32.6 Å². The van der Waals surface area contributed by atoms with E-state index in [1.165, 1.54) is 5.56 Å². The summed E-state index contributed by atoms with van der Waals surface area (Å²) in [5.74, 6) is -0.0155. The fraction of sp³-hybridized carbons (Fsp3) is 0.174. The van der Waals surface area contributed by atoms with E-state index in [9.17, 15) is 9.59 Å². The lowest BCUT2D eigenvalue weighted by molar-refractivity contribution is 0.0993. The molecule has 0 saturated carbocycles. The van der Waals surface area contributed by atoms with Crippen molar-refractivity contribution in [2.75, 3.05) is 5.73 Å². The van der Waals surface area contributed by atoms with E-state index in [1.54, 1.807) is 30.6 Å². The molecule has 0 saturated heterocycles. The lowest BCUT2D eigenvalue weighted by Crippen LogP contribution is -2.34. The van der Waals surface area contributed by atoms with Gasteiger partial charge in [-0.1, -0.05) is 54.1 Å². The molecule has 0 fully saturated rings. The van der Waals surface area contributed by atoms with E-state index < -0.39 is 0 Å². The summed E-state index contributed by atoms with van der Waals surface area (Å²) in [6.45, 7) is 2.88. The number of hydrogen-bond donors (Lipinski definition) is 3. The van der Waals surface area contributed by atoms with Crippen LogP contribution in [0.4, 0.5) is 10.5 Å². The molecule has 0 bridgehead atoms. The molecule has 1 heterocycles. The standard InChI is InChI=1S/C23H24N4O2/c1-16-2-4-17(5-3-16)13-26-23(29)27-14-18-6-8-19(9-7-18)22(28)12-20-10-11-25-15-21(20)24/h2-11,15H,12-14,24H2,1H3,(H2,26,27,29). The molecule has 2 amide bonds. The predicted octanol–water partition coefficient (Wildman–Crippen LogP) is 3.40. The highest BCUT2D eigenvalue weighted by atomic mass is 16.2. The molecule has 0 aliphatic carbocycles. The first-order valence-corrected chi connectivity index (χ1v) is 9.39. The summed E-state index contributed by atoms with van der Waals surface area (Å²) in [5.41, 5.74) is 10.9. The molecule has 148 valence electrons. The molecule has 0 aliphatic rings. The maximum Gasteiger partial charge on any atom is 0.315 e. The molecular weight excluding hydrogens is 364 g/mol. The van der Waals surface area contributed by atoms with Crippen molar-refractivity contribution in [1.82, 2.24) is 15.6 Å². The number of aromatic nitrogens is 1. The number of Topliss-reactive ketones (excluding diaryl/α,β-unsaturated/α-hetero) is 1. The molecule has 6 heteroatoms. The lowest BCUT2D eigenvalue weighted by atomic mass is 10.0. The number of carbonyl (C=O) groups is 2. The number of aryl methyl sites for hydroxylation is 1. The Labute approximate surface area is 170 Å². The molecule has 29 heavy (non-hydrogen) atoms. The topological polar surface area (TPSA) is 97.1 Å². The summed E-state index contributed by atoms with van der Waals surface area (Å²) in [6.07, 6.45) is 3.40. The van der Waals surface area contributed by atoms with Crippen LogP contribution in [0.5, 0.6) is 0 Å². The molecule has 1 aromatic heterocycles. The van der Waals surface area contributed by atoms with Crippen LogP contribution in [0, 0.1) is 6.92 Å². The second kappa shape index (κ2) is 9.50. The predicted molar refractivity (Wildman–Crippen MR) is 113 cm³/mol. The van der Waals surface area contributed by atoms with E-state index in [0.29, 0.717) is 24.3 Å². The average molecular weight is 388 g/mol. The number of urea groups is 1. The van der Waals surface area contributed by atoms with Gasteiger partial charge >= 0.3 is 6.03 Å². The number of carbonyl (C=O) groups excluding carboxylic acids is 2. The SMILES string of the molecule is Cc1ccc(CNC(=O)NCc2ccc(C(=O)Cc3ccncc3N)cc2)cc1. The third kappa shape index (κ3) is 5.90. The van der Waals surface area contributed by atoms with Gasteiger partial charge in [-0.05, 0) is 29.7 Å². The number of nitrogens with zero attached hydrogens (tertiary/aromatic N) is 1. The summed E-state index contributed by atoms with van der Waals surface area (Å²) >= 11 is 0. The van der Waals surface area contributed by atoms with Gasteiger partial charge in [0, 0.05) is 31.3 Å². The van der Waals surface area contributed by atoms with E-state index in [-0.39, 0.29) is 18.2 Å². The van der Waals surface area contributed by atoms with Crippen molar-refractivity contribution in [2.45, 2.75) is 26.4 Å². The number of hydrogen-bond acceptors (Lipinski definition) is 4. The summed E-state index contributed by atoms with van der Waals surface area (Å²) in [7, 11) is 0. The first-order valence-electron chi connectivity index (χ1n) is 9.39. The van der Waals surface area contributed by atoms with Crippen LogP contribution in [0.25, 0.3) is 0 Å². The third-order valence-electron chi connectivity index (χ3n) is 4.60. The third-order valence-corrected chi connectivity index (χ3v) is 4.60. The number of anilines is 1. The average Bonchev–Trinajstić information content (AvgIpc) is 2.74. The van der Waals surface area contributed by atoms with Gasteiger partial charge < -0.3 is 16.4 Å². The first kappa shape index (κ1) is 20.1. The Morgan fingerprint density at radius 3 is 2.07 bits per heavy atom. The van der Waals surface area contributed by atoms with Crippen LogP contribution in [0.15, 0.2) is 67.0 Å². The number of amides is 2. The maximum absolute atomic E-state index is 12.4. The molecule has 3 rings (SSSR count). The number of pyridine rings is 1. The molecule has 3 aromatic rings. The molecule has 0 radical (unpaired) electrons. The number of nitrogens with two attached hydrogens (primary N) is 1. The second-order valence-electron chi connectivity index (χ2n) is 6.89. The minimum atomic E-state index is -0.237. The molecule has 0 spiro atoms. The number of nitrogens with one attached hydrogen (secondary N) is 2. The normalized spacial score (nSPS) is 10.4. The van der Waals surface area contributed by atoms with Crippen molar-refractivity contribution < 1.29 is 9.59 Å². The highest BCUT2D eigenvalue weighted by Crippen LogP contribution is 2.14. The quantitative estimate of drug-likeness (QED) is 0.541. The van der Waals surface area contributed by atoms with Crippen LogP contribution >= 0.6 is 0 Å². The first-order chi connectivity index (χ1) is 14.0. The molecule has 0 atom stereocenters. The van der Waals surface area contributed by atoms with Gasteiger partial charge in [-0.25, -0.2) is 4.79 Å². The zero-order valence-corrected chi connectivity index (χ0v) is 16.3. The van der Waals surface area contributed by atoms with Gasteiger partial charge in [-0.2, -0.15) is 0 Å². The summed E-state index contributed by atoms with van der Waals surface area (Å²) in [4.78, 5) is 28.3. The molecule has 0 unspecified atom stereocenters. The molecule has 2 aromatic carbocycles. The molecular formula is C23H24N4O2. The van der Waals surface area contributed by atoms with Crippen molar-refractivity contribution >= 4 is 17.5 Å². The van der Waals surface area contributed by atoms with Crippen molar-refractivity contribution in [3.05, 3.63) is 94.8 Å². The van der Waals surface area contributed by atoms with E-state index in [2.05, 4.69) is 15.6 Å². The van der Waals surface area contributed by atoms with Gasteiger partial charge in [0.2, 0.25) is 0 Å². The van der Waals surface area contributed by atoms with E-state index in [0.717, 1.165) is 16.7 Å². The van der Waals surface area contributed by atoms with Gasteiger partial charge in [-0.15, -0.1) is 0 Å². The Kier molecular flexibility index (Phi) is 6.58. The fourth-order valence-corrected chi connectivity index (χ4v) is 2.81. The van der Waals surface area contributed by atoms with Gasteiger partial charge in [0.25, 0.3) is 0 Å². The zero-order chi connectivity index (χ0) is 20.6. The Balaban J connectivity index is 1.47. The monoisotopic (exact) mass is 388 g/mol. The minimum Gasteiger partial charge on any atom is -0.397 e. The second-order valence-corrected chi connectivity index (χ2v) is 6.89. The van der Waals surface area contributed by atoms with Crippen LogP contribution in [-0.2, 0) is 19.5 Å². The van der Waals surface area contributed by atoms with E-state index in [4.69, 9.17) is 5.73 Å². The maximum atomic E-state index is 12.4. The smallest absolute Gasteiger partial charge is 0.315 e.